The van der Waals surface area contributed by atoms with E-state index in [0.717, 1.165) is 31.0 Å². The lowest BCUT2D eigenvalue weighted by Crippen LogP contribution is -2.24. The maximum Gasteiger partial charge on any atom is 0.275 e. The third-order valence-electron chi connectivity index (χ3n) is 3.41. The van der Waals surface area contributed by atoms with Crippen molar-refractivity contribution in [2.24, 2.45) is 0 Å². The molecule has 6 nitrogen and oxygen atoms in total. The summed E-state index contributed by atoms with van der Waals surface area (Å²) in [4.78, 5) is 16.2. The highest BCUT2D eigenvalue weighted by molar-refractivity contribution is 7.09. The third-order valence-corrected chi connectivity index (χ3v) is 4.18. The SMILES string of the molecule is Cc1nc(C(=O)Nc2cnn(CC3CCCCO3)c2)cs1. The molecule has 2 aromatic rings. The van der Waals surface area contributed by atoms with E-state index in [2.05, 4.69) is 15.4 Å². The minimum absolute atomic E-state index is 0.201. The minimum Gasteiger partial charge on any atom is -0.376 e. The van der Waals surface area contributed by atoms with Gasteiger partial charge in [-0.3, -0.25) is 9.48 Å². The largest absolute Gasteiger partial charge is 0.376 e. The fourth-order valence-electron chi connectivity index (χ4n) is 2.35. The minimum atomic E-state index is -0.201. The van der Waals surface area contributed by atoms with Gasteiger partial charge < -0.3 is 10.1 Å². The average Bonchev–Trinajstić information content (AvgIpc) is 3.09. The van der Waals surface area contributed by atoms with Crippen molar-refractivity contribution in [3.8, 4) is 0 Å². The van der Waals surface area contributed by atoms with Crippen LogP contribution < -0.4 is 5.32 Å². The molecule has 1 N–H and O–H groups in total. The van der Waals surface area contributed by atoms with Crippen LogP contribution in [0.1, 0.15) is 34.8 Å². The fourth-order valence-corrected chi connectivity index (χ4v) is 2.94. The van der Waals surface area contributed by atoms with Gasteiger partial charge in [0, 0.05) is 18.2 Å². The van der Waals surface area contributed by atoms with E-state index in [1.54, 1.807) is 11.6 Å². The van der Waals surface area contributed by atoms with E-state index in [1.165, 1.54) is 17.8 Å². The highest BCUT2D eigenvalue weighted by Crippen LogP contribution is 2.16. The summed E-state index contributed by atoms with van der Waals surface area (Å²) in [7, 11) is 0. The Morgan fingerprint density at radius 1 is 1.57 bits per heavy atom. The van der Waals surface area contributed by atoms with Gasteiger partial charge in [-0.2, -0.15) is 5.10 Å². The molecule has 0 saturated carbocycles. The maximum atomic E-state index is 12.0. The molecule has 112 valence electrons. The molecule has 1 aliphatic heterocycles. The first-order chi connectivity index (χ1) is 10.2. The number of hydrogen-bond acceptors (Lipinski definition) is 5. The predicted molar refractivity (Wildman–Crippen MR) is 80.6 cm³/mol. The second kappa shape index (κ2) is 6.36. The molecule has 2 aromatic heterocycles. The van der Waals surface area contributed by atoms with Gasteiger partial charge in [-0.15, -0.1) is 11.3 Å². The Bertz CT molecular complexity index is 616. The highest BCUT2D eigenvalue weighted by Gasteiger charge is 2.15. The van der Waals surface area contributed by atoms with Gasteiger partial charge in [0.05, 0.1) is 29.5 Å². The van der Waals surface area contributed by atoms with Gasteiger partial charge in [0.15, 0.2) is 0 Å². The Morgan fingerprint density at radius 3 is 3.19 bits per heavy atom. The quantitative estimate of drug-likeness (QED) is 0.942. The van der Waals surface area contributed by atoms with Gasteiger partial charge >= 0.3 is 0 Å². The number of thiazole rings is 1. The molecule has 3 heterocycles. The third kappa shape index (κ3) is 3.68. The molecule has 1 aliphatic rings. The zero-order chi connectivity index (χ0) is 14.7. The van der Waals surface area contributed by atoms with E-state index >= 15 is 0 Å². The number of carbonyl (C=O) groups is 1. The van der Waals surface area contributed by atoms with Crippen molar-refractivity contribution in [2.45, 2.75) is 38.8 Å². The zero-order valence-corrected chi connectivity index (χ0v) is 12.7. The Kier molecular flexibility index (Phi) is 4.31. The standard InChI is InChI=1S/C14H18N4O2S/c1-10-16-13(9-21-10)14(19)17-11-6-15-18(7-11)8-12-4-2-3-5-20-12/h6-7,9,12H,2-5,8H2,1H3,(H,17,19). The first-order valence-corrected chi connectivity index (χ1v) is 7.96. The van der Waals surface area contributed by atoms with Crippen LogP contribution in [0.4, 0.5) is 5.69 Å². The molecule has 0 aliphatic carbocycles. The molecular weight excluding hydrogens is 288 g/mol. The summed E-state index contributed by atoms with van der Waals surface area (Å²) in [5, 5.41) is 9.71. The van der Waals surface area contributed by atoms with Crippen LogP contribution >= 0.6 is 11.3 Å². The predicted octanol–water partition coefficient (Wildman–Crippen LogP) is 2.47. The van der Waals surface area contributed by atoms with Crippen molar-refractivity contribution in [2.75, 3.05) is 11.9 Å². The van der Waals surface area contributed by atoms with E-state index in [-0.39, 0.29) is 12.0 Å². The van der Waals surface area contributed by atoms with Crippen molar-refractivity contribution in [3.05, 3.63) is 28.5 Å². The van der Waals surface area contributed by atoms with E-state index in [1.807, 2.05) is 17.8 Å². The van der Waals surface area contributed by atoms with Crippen LogP contribution in [0.3, 0.4) is 0 Å². The Hall–Kier alpha value is -1.73. The Morgan fingerprint density at radius 2 is 2.48 bits per heavy atom. The smallest absolute Gasteiger partial charge is 0.275 e. The lowest BCUT2D eigenvalue weighted by molar-refractivity contribution is 0.00401. The van der Waals surface area contributed by atoms with Crippen LogP contribution in [-0.2, 0) is 11.3 Å². The molecule has 7 heteroatoms. The van der Waals surface area contributed by atoms with Gasteiger partial charge in [0.25, 0.3) is 5.91 Å². The van der Waals surface area contributed by atoms with Gasteiger partial charge in [0.2, 0.25) is 0 Å². The number of nitrogens with zero attached hydrogens (tertiary/aromatic N) is 3. The first kappa shape index (κ1) is 14.2. The molecule has 0 radical (unpaired) electrons. The van der Waals surface area contributed by atoms with Crippen LogP contribution in [0, 0.1) is 6.92 Å². The average molecular weight is 306 g/mol. The molecule has 1 amide bonds. The number of nitrogens with one attached hydrogen (secondary N) is 1. The molecule has 3 rings (SSSR count). The van der Waals surface area contributed by atoms with E-state index in [0.29, 0.717) is 11.4 Å². The van der Waals surface area contributed by atoms with E-state index in [9.17, 15) is 4.79 Å². The number of hydrogen-bond donors (Lipinski definition) is 1. The fraction of sp³-hybridized carbons (Fsp3) is 0.500. The normalized spacial score (nSPS) is 18.6. The van der Waals surface area contributed by atoms with Crippen molar-refractivity contribution in [1.82, 2.24) is 14.8 Å². The molecule has 21 heavy (non-hydrogen) atoms. The summed E-state index contributed by atoms with van der Waals surface area (Å²) in [5.74, 6) is -0.201. The molecular formula is C14H18N4O2S. The maximum absolute atomic E-state index is 12.0. The Labute approximate surface area is 127 Å². The van der Waals surface area contributed by atoms with Crippen LogP contribution in [0.5, 0.6) is 0 Å². The number of rotatable bonds is 4. The van der Waals surface area contributed by atoms with Crippen LogP contribution in [0.15, 0.2) is 17.8 Å². The van der Waals surface area contributed by atoms with Gasteiger partial charge in [-0.25, -0.2) is 4.98 Å². The summed E-state index contributed by atoms with van der Waals surface area (Å²) in [6.07, 6.45) is 7.13. The second-order valence-electron chi connectivity index (χ2n) is 5.15. The van der Waals surface area contributed by atoms with Gasteiger partial charge in [-0.1, -0.05) is 0 Å². The number of anilines is 1. The van der Waals surface area contributed by atoms with Crippen molar-refractivity contribution in [3.63, 3.8) is 0 Å². The molecule has 1 fully saturated rings. The summed E-state index contributed by atoms with van der Waals surface area (Å²) < 4.78 is 7.50. The van der Waals surface area contributed by atoms with Crippen LogP contribution in [-0.4, -0.2) is 33.4 Å². The lowest BCUT2D eigenvalue weighted by atomic mass is 10.1. The highest BCUT2D eigenvalue weighted by atomic mass is 32.1. The number of aromatic nitrogens is 3. The summed E-state index contributed by atoms with van der Waals surface area (Å²) in [6, 6.07) is 0. The number of carbonyl (C=O) groups excluding carboxylic acids is 1. The molecule has 0 spiro atoms. The molecule has 1 saturated heterocycles. The molecule has 1 atom stereocenters. The molecule has 1 unspecified atom stereocenters. The van der Waals surface area contributed by atoms with E-state index in [4.69, 9.17) is 4.74 Å². The summed E-state index contributed by atoms with van der Waals surface area (Å²) in [5.41, 5.74) is 1.13. The van der Waals surface area contributed by atoms with Crippen LogP contribution in [0.25, 0.3) is 0 Å². The Balaban J connectivity index is 1.58. The molecule has 0 bridgehead atoms. The van der Waals surface area contributed by atoms with Crippen molar-refractivity contribution >= 4 is 22.9 Å². The number of amides is 1. The number of aryl methyl sites for hydroxylation is 1. The summed E-state index contributed by atoms with van der Waals surface area (Å²) >= 11 is 1.46. The topological polar surface area (TPSA) is 69.0 Å². The number of ether oxygens (including phenoxy) is 1. The lowest BCUT2D eigenvalue weighted by Gasteiger charge is -2.22. The summed E-state index contributed by atoms with van der Waals surface area (Å²) in [6.45, 7) is 3.44. The molecule has 0 aromatic carbocycles. The van der Waals surface area contributed by atoms with Crippen LogP contribution in [0.2, 0.25) is 0 Å². The van der Waals surface area contributed by atoms with Gasteiger partial charge in [-0.05, 0) is 26.2 Å². The van der Waals surface area contributed by atoms with Crippen molar-refractivity contribution < 1.29 is 9.53 Å². The zero-order valence-electron chi connectivity index (χ0n) is 11.9. The van der Waals surface area contributed by atoms with E-state index < -0.39 is 0 Å². The second-order valence-corrected chi connectivity index (χ2v) is 6.21. The van der Waals surface area contributed by atoms with Crippen molar-refractivity contribution in [1.29, 1.82) is 0 Å². The first-order valence-electron chi connectivity index (χ1n) is 7.08. The monoisotopic (exact) mass is 306 g/mol. The van der Waals surface area contributed by atoms with Gasteiger partial charge in [0.1, 0.15) is 5.69 Å².